The number of nitrogens with zero attached hydrogens (tertiary/aromatic N) is 4. The van der Waals surface area contributed by atoms with E-state index in [0.717, 1.165) is 29.7 Å². The van der Waals surface area contributed by atoms with Gasteiger partial charge in [-0.1, -0.05) is 39.2 Å². The molecule has 35 heavy (non-hydrogen) atoms. The van der Waals surface area contributed by atoms with Crippen LogP contribution in [0.1, 0.15) is 52.7 Å². The molecular formula is C28H33F3N4+2. The summed E-state index contributed by atoms with van der Waals surface area (Å²) < 4.78 is 47.8. The first-order valence-electron chi connectivity index (χ1n) is 12.0. The van der Waals surface area contributed by atoms with Crippen molar-refractivity contribution in [2.75, 3.05) is 0 Å². The number of alkyl halides is 3. The van der Waals surface area contributed by atoms with Crippen LogP contribution in [0.5, 0.6) is 0 Å². The van der Waals surface area contributed by atoms with Gasteiger partial charge < -0.3 is 0 Å². The van der Waals surface area contributed by atoms with E-state index in [-0.39, 0.29) is 5.54 Å². The third kappa shape index (κ3) is 3.72. The topological polar surface area (TPSA) is 24.7 Å². The number of halogens is 3. The molecule has 184 valence electrons. The number of fused-ring (bicyclic) bond motifs is 4. The van der Waals surface area contributed by atoms with E-state index >= 15 is 0 Å². The van der Waals surface area contributed by atoms with Crippen LogP contribution in [0.4, 0.5) is 13.2 Å². The standard InChI is InChI=1S/C28H33F3N4/c1-7-13-22-20(5)21(6)34(15-8-2)26(9-3,10-4)18-27(22)19-33-16-12-11-14-23(33)24-17-25(28(29,30)31)32-35(24)27/h7-8,11-17H,1,5,9-10,18-19H2,2-4,6H3/q+2. The quantitative estimate of drug-likeness (QED) is 0.476. The summed E-state index contributed by atoms with van der Waals surface area (Å²) in [6.45, 7) is 17.1. The van der Waals surface area contributed by atoms with Crippen molar-refractivity contribution in [3.05, 3.63) is 84.9 Å². The zero-order valence-corrected chi connectivity index (χ0v) is 20.9. The minimum atomic E-state index is -4.55. The maximum Gasteiger partial charge on any atom is 0.435 e. The van der Waals surface area contributed by atoms with Gasteiger partial charge in [-0.3, -0.25) is 0 Å². The van der Waals surface area contributed by atoms with Crippen LogP contribution in [0.25, 0.3) is 11.4 Å². The second-order valence-corrected chi connectivity index (χ2v) is 9.41. The highest BCUT2D eigenvalue weighted by Crippen LogP contribution is 2.49. The number of rotatable bonds is 4. The number of hydrogen-bond acceptors (Lipinski definition) is 1. The Kier molecular flexibility index (Phi) is 6.24. The average Bonchev–Trinajstić information content (AvgIpc) is 3.29. The van der Waals surface area contributed by atoms with Gasteiger partial charge in [0, 0.05) is 50.0 Å². The molecule has 2 aromatic rings. The summed E-state index contributed by atoms with van der Waals surface area (Å²) >= 11 is 0. The molecule has 0 aromatic carbocycles. The predicted octanol–water partition coefficient (Wildman–Crippen LogP) is 6.20. The highest BCUT2D eigenvalue weighted by Gasteiger charge is 2.58. The Bertz CT molecular complexity index is 1270. The van der Waals surface area contributed by atoms with Crippen molar-refractivity contribution in [3.8, 4) is 11.4 Å². The molecule has 0 saturated carbocycles. The lowest BCUT2D eigenvalue weighted by Crippen LogP contribution is -2.59. The Balaban J connectivity index is 2.13. The first-order valence-corrected chi connectivity index (χ1v) is 12.0. The van der Waals surface area contributed by atoms with Crippen LogP contribution >= 0.6 is 0 Å². The first kappa shape index (κ1) is 24.9. The Morgan fingerprint density at radius 1 is 1.23 bits per heavy atom. The van der Waals surface area contributed by atoms with Crippen molar-refractivity contribution < 1.29 is 22.3 Å². The van der Waals surface area contributed by atoms with E-state index in [0.29, 0.717) is 24.4 Å². The maximum absolute atomic E-state index is 14.0. The van der Waals surface area contributed by atoms with Gasteiger partial charge in [0.15, 0.2) is 41.4 Å². The average molecular weight is 483 g/mol. The molecule has 2 aromatic heterocycles. The monoisotopic (exact) mass is 482 g/mol. The van der Waals surface area contributed by atoms with Crippen molar-refractivity contribution >= 4 is 5.71 Å². The van der Waals surface area contributed by atoms with E-state index in [1.165, 1.54) is 6.07 Å². The summed E-state index contributed by atoms with van der Waals surface area (Å²) in [5.74, 6) is 0. The van der Waals surface area contributed by atoms with Crippen LogP contribution in [0, 0.1) is 0 Å². The Morgan fingerprint density at radius 2 is 1.94 bits per heavy atom. The molecule has 0 aliphatic carbocycles. The van der Waals surface area contributed by atoms with Crippen molar-refractivity contribution in [1.82, 2.24) is 9.78 Å². The molecule has 0 fully saturated rings. The van der Waals surface area contributed by atoms with Crippen LogP contribution in [0.15, 0.2) is 79.2 Å². The van der Waals surface area contributed by atoms with Crippen molar-refractivity contribution in [1.29, 1.82) is 0 Å². The van der Waals surface area contributed by atoms with Crippen molar-refractivity contribution in [3.63, 3.8) is 0 Å². The second kappa shape index (κ2) is 8.77. The number of aromatic nitrogens is 3. The van der Waals surface area contributed by atoms with Crippen LogP contribution in [0.2, 0.25) is 0 Å². The van der Waals surface area contributed by atoms with Crippen LogP contribution in [0.3, 0.4) is 0 Å². The van der Waals surface area contributed by atoms with Crippen LogP contribution in [-0.2, 0) is 18.3 Å². The summed E-state index contributed by atoms with van der Waals surface area (Å²) in [7, 11) is 0. The molecule has 0 amide bonds. The fourth-order valence-electron chi connectivity index (χ4n) is 5.89. The lowest BCUT2D eigenvalue weighted by atomic mass is 9.73. The Hall–Kier alpha value is -3.22. The van der Waals surface area contributed by atoms with Crippen LogP contribution < -0.4 is 4.57 Å². The third-order valence-corrected chi connectivity index (χ3v) is 7.70. The van der Waals surface area contributed by atoms with Gasteiger partial charge in [-0.2, -0.15) is 27.4 Å². The Labute approximate surface area is 205 Å². The van der Waals surface area contributed by atoms with E-state index in [1.807, 2.05) is 55.0 Å². The zero-order chi connectivity index (χ0) is 25.6. The maximum atomic E-state index is 14.0. The molecule has 1 spiro atoms. The van der Waals surface area contributed by atoms with E-state index in [1.54, 1.807) is 10.8 Å². The molecule has 4 rings (SSSR count). The molecule has 4 nitrogen and oxygen atoms in total. The van der Waals surface area contributed by atoms with Gasteiger partial charge in [0.2, 0.25) is 5.69 Å². The summed E-state index contributed by atoms with van der Waals surface area (Å²) in [5.41, 5.74) is 1.61. The number of hydrogen-bond donors (Lipinski definition) is 0. The van der Waals surface area contributed by atoms with Gasteiger partial charge in [-0.05, 0) is 24.6 Å². The Morgan fingerprint density at radius 3 is 2.54 bits per heavy atom. The molecule has 2 aliphatic heterocycles. The molecule has 1 unspecified atom stereocenters. The smallest absolute Gasteiger partial charge is 0.241 e. The highest BCUT2D eigenvalue weighted by molar-refractivity contribution is 5.99. The minimum absolute atomic E-state index is 0.356. The number of pyridine rings is 1. The predicted molar refractivity (Wildman–Crippen MR) is 132 cm³/mol. The largest absolute Gasteiger partial charge is 0.435 e. The molecule has 0 N–H and O–H groups in total. The minimum Gasteiger partial charge on any atom is -0.241 e. The van der Waals surface area contributed by atoms with Gasteiger partial charge in [-0.15, -0.1) is 0 Å². The van der Waals surface area contributed by atoms with E-state index in [2.05, 4.69) is 42.9 Å². The molecule has 0 radical (unpaired) electrons. The molecule has 2 aliphatic rings. The molecule has 0 bridgehead atoms. The van der Waals surface area contributed by atoms with Crippen molar-refractivity contribution in [2.24, 2.45) is 0 Å². The molecule has 4 heterocycles. The molecule has 1 atom stereocenters. The SMILES string of the molecule is C=CC=C1C(=C)C(C)=[N+](C=CC)C(CC)(CC)CC12C[n+]1ccccc1-c1cc(C(F)(F)F)nn12. The van der Waals surface area contributed by atoms with Crippen LogP contribution in [-0.4, -0.2) is 25.6 Å². The molecular weight excluding hydrogens is 449 g/mol. The van der Waals surface area contributed by atoms with E-state index < -0.39 is 17.4 Å². The lowest BCUT2D eigenvalue weighted by molar-refractivity contribution is -0.701. The highest BCUT2D eigenvalue weighted by atomic mass is 19.4. The lowest BCUT2D eigenvalue weighted by Gasteiger charge is -2.40. The fraction of sp³-hybridized carbons (Fsp3) is 0.393. The van der Waals surface area contributed by atoms with Gasteiger partial charge in [0.05, 0.1) is 0 Å². The normalized spacial score (nSPS) is 23.1. The first-order chi connectivity index (χ1) is 16.6. The third-order valence-electron chi connectivity index (χ3n) is 7.70. The van der Waals surface area contributed by atoms with E-state index in [4.69, 9.17) is 0 Å². The van der Waals surface area contributed by atoms with Gasteiger partial charge >= 0.3 is 6.18 Å². The van der Waals surface area contributed by atoms with Gasteiger partial charge in [-0.25, -0.2) is 4.68 Å². The molecule has 0 saturated heterocycles. The summed E-state index contributed by atoms with van der Waals surface area (Å²) in [5, 5.41) is 4.25. The second-order valence-electron chi connectivity index (χ2n) is 9.41. The number of allylic oxidation sites excluding steroid dienone is 5. The van der Waals surface area contributed by atoms with Crippen molar-refractivity contribution in [2.45, 2.75) is 70.8 Å². The van der Waals surface area contributed by atoms with Gasteiger partial charge in [0.1, 0.15) is 5.69 Å². The fourth-order valence-corrected chi connectivity index (χ4v) is 5.89. The molecule has 7 heteroatoms. The summed E-state index contributed by atoms with van der Waals surface area (Å²) in [6, 6.07) is 6.77. The van der Waals surface area contributed by atoms with Gasteiger partial charge in [0.25, 0.3) is 0 Å². The zero-order valence-electron chi connectivity index (χ0n) is 20.9. The summed E-state index contributed by atoms with van der Waals surface area (Å²) in [4.78, 5) is 0. The van der Waals surface area contributed by atoms with E-state index in [9.17, 15) is 13.2 Å². The summed E-state index contributed by atoms with van der Waals surface area (Å²) in [6.07, 6.45) is 7.19.